The number of pyridine rings is 2. The summed E-state index contributed by atoms with van der Waals surface area (Å²) in [7, 11) is 0. The zero-order valence-corrected chi connectivity index (χ0v) is 24.3. The minimum Gasteiger partial charge on any atom is -0.476 e. The van der Waals surface area contributed by atoms with Crippen LogP contribution in [-0.2, 0) is 13.0 Å². The molecule has 6 rings (SSSR count). The van der Waals surface area contributed by atoms with Crippen LogP contribution in [0.2, 0.25) is 0 Å². The summed E-state index contributed by atoms with van der Waals surface area (Å²) in [6.45, 7) is 3.65. The van der Waals surface area contributed by atoms with Crippen LogP contribution in [0.4, 0.5) is 13.2 Å². The molecular weight excluding hydrogens is 583 g/mol. The zero-order valence-electron chi connectivity index (χ0n) is 24.3. The number of hydrogen-bond acceptors (Lipinski definition) is 6. The minimum absolute atomic E-state index is 0.0425. The number of likely N-dealkylation sites (tertiary alicyclic amines) is 1. The topological polar surface area (TPSA) is 88.8 Å². The third-order valence-corrected chi connectivity index (χ3v) is 7.82. The molecule has 11 heteroatoms. The standard InChI is InChI=1S/C34H30F3N5O3/c35-27-7-4-24(34(44)40-19-22-3-6-28(36)29(37)15-22)16-26(27)17-31(43)30-21-38-32-18-23(9-12-42(30)32)25-5-8-33(39-20-25)45-14-13-41-10-1-2-11-41/h3-9,12,15-16,18,20-21H,1-2,10-11,13-14,17,19H2,(H,40,44). The van der Waals surface area contributed by atoms with E-state index >= 15 is 0 Å². The molecule has 45 heavy (non-hydrogen) atoms. The molecule has 0 bridgehead atoms. The number of halogens is 3. The van der Waals surface area contributed by atoms with E-state index in [9.17, 15) is 22.8 Å². The molecule has 0 unspecified atom stereocenters. The Balaban J connectivity index is 1.09. The number of Topliss-reactive ketones (excluding diaryl/α,β-unsaturated/α-hetero) is 1. The monoisotopic (exact) mass is 613 g/mol. The van der Waals surface area contributed by atoms with Crippen molar-refractivity contribution in [3.63, 3.8) is 0 Å². The van der Waals surface area contributed by atoms with Crippen molar-refractivity contribution in [2.45, 2.75) is 25.8 Å². The molecule has 230 valence electrons. The van der Waals surface area contributed by atoms with E-state index in [4.69, 9.17) is 4.74 Å². The van der Waals surface area contributed by atoms with Crippen LogP contribution in [0.3, 0.4) is 0 Å². The van der Waals surface area contributed by atoms with Crippen molar-refractivity contribution < 1.29 is 27.5 Å². The number of carbonyl (C=O) groups excluding carboxylic acids is 2. The van der Waals surface area contributed by atoms with E-state index < -0.39 is 23.4 Å². The quantitative estimate of drug-likeness (QED) is 0.194. The van der Waals surface area contributed by atoms with E-state index in [-0.39, 0.29) is 35.6 Å². The highest BCUT2D eigenvalue weighted by molar-refractivity contribution is 5.98. The van der Waals surface area contributed by atoms with Crippen molar-refractivity contribution in [3.8, 4) is 17.0 Å². The van der Waals surface area contributed by atoms with Gasteiger partial charge in [0.05, 0.1) is 6.20 Å². The fraction of sp³-hybridized carbons (Fsp3) is 0.235. The number of benzene rings is 2. The molecule has 2 aromatic carbocycles. The Hall–Kier alpha value is -5.03. The first-order valence-electron chi connectivity index (χ1n) is 14.7. The zero-order chi connectivity index (χ0) is 31.3. The van der Waals surface area contributed by atoms with Gasteiger partial charge in [0.2, 0.25) is 5.88 Å². The highest BCUT2D eigenvalue weighted by Gasteiger charge is 2.18. The maximum Gasteiger partial charge on any atom is 0.251 e. The number of aromatic nitrogens is 3. The van der Waals surface area contributed by atoms with Crippen LogP contribution in [-0.4, -0.2) is 57.2 Å². The van der Waals surface area contributed by atoms with Gasteiger partial charge in [0.15, 0.2) is 17.4 Å². The molecule has 4 heterocycles. The molecule has 0 saturated carbocycles. The molecule has 3 aromatic heterocycles. The van der Waals surface area contributed by atoms with Gasteiger partial charge in [-0.1, -0.05) is 6.07 Å². The van der Waals surface area contributed by atoms with Gasteiger partial charge >= 0.3 is 0 Å². The first-order valence-corrected chi connectivity index (χ1v) is 14.7. The van der Waals surface area contributed by atoms with E-state index in [1.54, 1.807) is 16.8 Å². The number of hydrogen-bond donors (Lipinski definition) is 1. The molecule has 1 aliphatic rings. The van der Waals surface area contributed by atoms with Crippen molar-refractivity contribution in [3.05, 3.63) is 119 Å². The fourth-order valence-corrected chi connectivity index (χ4v) is 5.34. The van der Waals surface area contributed by atoms with Crippen LogP contribution in [0, 0.1) is 17.5 Å². The summed E-state index contributed by atoms with van der Waals surface area (Å²) in [5, 5.41) is 2.59. The van der Waals surface area contributed by atoms with Gasteiger partial charge in [0.25, 0.3) is 5.91 Å². The first-order chi connectivity index (χ1) is 21.8. The van der Waals surface area contributed by atoms with E-state index in [1.807, 2.05) is 24.3 Å². The normalized spacial score (nSPS) is 13.3. The van der Waals surface area contributed by atoms with Gasteiger partial charge < -0.3 is 10.1 Å². The molecule has 1 aliphatic heterocycles. The molecule has 0 radical (unpaired) electrons. The lowest BCUT2D eigenvalue weighted by Gasteiger charge is -2.14. The summed E-state index contributed by atoms with van der Waals surface area (Å²) in [5.41, 5.74) is 3.05. The van der Waals surface area contributed by atoms with Gasteiger partial charge in [0.1, 0.15) is 23.8 Å². The number of ether oxygens (including phenoxy) is 1. The summed E-state index contributed by atoms with van der Waals surface area (Å²) in [6.07, 6.45) is 7.08. The molecule has 1 fully saturated rings. The van der Waals surface area contributed by atoms with Crippen LogP contribution in [0.25, 0.3) is 16.8 Å². The first kappa shape index (κ1) is 30.0. The molecule has 1 N–H and O–H groups in total. The number of nitrogens with zero attached hydrogens (tertiary/aromatic N) is 4. The van der Waals surface area contributed by atoms with Crippen molar-refractivity contribution >= 4 is 17.3 Å². The van der Waals surface area contributed by atoms with Crippen LogP contribution in [0.1, 0.15) is 44.8 Å². The molecule has 0 spiro atoms. The minimum atomic E-state index is -1.02. The van der Waals surface area contributed by atoms with Gasteiger partial charge in [-0.15, -0.1) is 0 Å². The summed E-state index contributed by atoms with van der Waals surface area (Å²) in [6, 6.07) is 14.5. The number of carbonyl (C=O) groups is 2. The number of rotatable bonds is 11. The molecule has 1 saturated heterocycles. The lowest BCUT2D eigenvalue weighted by Crippen LogP contribution is -2.25. The SMILES string of the molecule is O=C(NCc1ccc(F)c(F)c1)c1ccc(F)c(CC(=O)c2cnc3cc(-c4ccc(OCCN5CCCC5)nc4)ccn23)c1. The van der Waals surface area contributed by atoms with Crippen LogP contribution >= 0.6 is 0 Å². The largest absolute Gasteiger partial charge is 0.476 e. The van der Waals surface area contributed by atoms with E-state index in [1.165, 1.54) is 37.2 Å². The van der Waals surface area contributed by atoms with Gasteiger partial charge in [-0.05, 0) is 91.2 Å². The van der Waals surface area contributed by atoms with Crippen LogP contribution < -0.4 is 10.1 Å². The molecular formula is C34H30F3N5O3. The van der Waals surface area contributed by atoms with E-state index in [2.05, 4.69) is 20.2 Å². The summed E-state index contributed by atoms with van der Waals surface area (Å²) >= 11 is 0. The maximum absolute atomic E-state index is 14.7. The summed E-state index contributed by atoms with van der Waals surface area (Å²) in [5.74, 6) is -3.01. The second-order valence-electron chi connectivity index (χ2n) is 10.9. The van der Waals surface area contributed by atoms with Gasteiger partial charge in [-0.2, -0.15) is 0 Å². The predicted octanol–water partition coefficient (Wildman–Crippen LogP) is 5.64. The Morgan fingerprint density at radius 1 is 0.844 bits per heavy atom. The number of nitrogens with one attached hydrogen (secondary N) is 1. The number of imidazole rings is 1. The average Bonchev–Trinajstić information content (AvgIpc) is 3.73. The smallest absolute Gasteiger partial charge is 0.251 e. The Morgan fingerprint density at radius 2 is 1.67 bits per heavy atom. The third kappa shape index (κ3) is 7.04. The number of fused-ring (bicyclic) bond motifs is 1. The Kier molecular flexibility index (Phi) is 8.88. The Labute approximate surface area is 257 Å². The second kappa shape index (κ2) is 13.3. The molecule has 5 aromatic rings. The number of ketones is 1. The lowest BCUT2D eigenvalue weighted by atomic mass is 10.0. The van der Waals surface area contributed by atoms with E-state index in [0.29, 0.717) is 23.7 Å². The Bertz CT molecular complexity index is 1850. The predicted molar refractivity (Wildman–Crippen MR) is 162 cm³/mol. The van der Waals surface area contributed by atoms with Crippen LogP contribution in [0.15, 0.2) is 79.3 Å². The lowest BCUT2D eigenvalue weighted by molar-refractivity contribution is 0.0947. The fourth-order valence-electron chi connectivity index (χ4n) is 5.34. The van der Waals surface area contributed by atoms with Gasteiger partial charge in [-0.25, -0.2) is 23.1 Å². The highest BCUT2D eigenvalue weighted by Crippen LogP contribution is 2.23. The summed E-state index contributed by atoms with van der Waals surface area (Å²) in [4.78, 5) is 37.1. The van der Waals surface area contributed by atoms with Crippen molar-refractivity contribution in [2.75, 3.05) is 26.2 Å². The number of amides is 1. The third-order valence-electron chi connectivity index (χ3n) is 7.82. The van der Waals surface area contributed by atoms with E-state index in [0.717, 1.165) is 49.0 Å². The van der Waals surface area contributed by atoms with Gasteiger partial charge in [0, 0.05) is 49.1 Å². The Morgan fingerprint density at radius 3 is 2.44 bits per heavy atom. The molecule has 8 nitrogen and oxygen atoms in total. The van der Waals surface area contributed by atoms with Gasteiger partial charge in [-0.3, -0.25) is 18.9 Å². The maximum atomic E-state index is 14.7. The van der Waals surface area contributed by atoms with Crippen LogP contribution in [0.5, 0.6) is 5.88 Å². The van der Waals surface area contributed by atoms with Crippen molar-refractivity contribution in [1.82, 2.24) is 24.6 Å². The van der Waals surface area contributed by atoms with Crippen molar-refractivity contribution in [2.24, 2.45) is 0 Å². The molecule has 1 amide bonds. The average molecular weight is 614 g/mol. The highest BCUT2D eigenvalue weighted by atomic mass is 19.2. The van der Waals surface area contributed by atoms with Crippen molar-refractivity contribution in [1.29, 1.82) is 0 Å². The molecule has 0 atom stereocenters. The summed E-state index contributed by atoms with van der Waals surface area (Å²) < 4.78 is 48.7. The second-order valence-corrected chi connectivity index (χ2v) is 10.9. The molecule has 0 aliphatic carbocycles.